The molecule has 1 amide bonds. The smallest absolute Gasteiger partial charge is 0.230 e. The van der Waals surface area contributed by atoms with Crippen molar-refractivity contribution >= 4 is 5.91 Å². The van der Waals surface area contributed by atoms with Gasteiger partial charge >= 0.3 is 0 Å². The van der Waals surface area contributed by atoms with Gasteiger partial charge < -0.3 is 10.4 Å². The molecule has 2 N–H and O–H groups in total. The fourth-order valence-electron chi connectivity index (χ4n) is 2.02. The van der Waals surface area contributed by atoms with Crippen molar-refractivity contribution in [2.75, 3.05) is 6.54 Å². The summed E-state index contributed by atoms with van der Waals surface area (Å²) < 4.78 is 0. The Hall–Kier alpha value is -2.73. The van der Waals surface area contributed by atoms with E-state index in [-0.39, 0.29) is 11.7 Å². The Kier molecular flexibility index (Phi) is 4.85. The maximum Gasteiger partial charge on any atom is 0.230 e. The summed E-state index contributed by atoms with van der Waals surface area (Å²) in [5, 5.41) is 12.2. The molecule has 0 spiro atoms. The Bertz CT molecular complexity index is 692. The predicted molar refractivity (Wildman–Crippen MR) is 87.5 cm³/mol. The first-order chi connectivity index (χ1) is 10.5. The molecule has 0 heterocycles. The molecule has 0 unspecified atom stereocenters. The van der Waals surface area contributed by atoms with Crippen molar-refractivity contribution in [3.63, 3.8) is 0 Å². The number of aromatic hydroxyl groups is 1. The number of benzene rings is 2. The van der Waals surface area contributed by atoms with E-state index < -0.39 is 5.41 Å². The molecule has 0 radical (unpaired) electrons. The van der Waals surface area contributed by atoms with Crippen LogP contribution in [0.15, 0.2) is 54.6 Å². The lowest BCUT2D eigenvalue weighted by Crippen LogP contribution is -2.40. The highest BCUT2D eigenvalue weighted by atomic mass is 16.3. The first-order valence-corrected chi connectivity index (χ1v) is 7.12. The van der Waals surface area contributed by atoms with Gasteiger partial charge in [0.2, 0.25) is 5.91 Å². The topological polar surface area (TPSA) is 49.3 Å². The fraction of sp³-hybridized carbons (Fsp3) is 0.211. The minimum atomic E-state index is -0.678. The van der Waals surface area contributed by atoms with Crippen molar-refractivity contribution in [3.8, 4) is 17.6 Å². The average Bonchev–Trinajstić information content (AvgIpc) is 2.52. The zero-order chi connectivity index (χ0) is 16.0. The normalized spacial score (nSPS) is 10.5. The third kappa shape index (κ3) is 3.89. The molecular formula is C19H19NO2. The summed E-state index contributed by atoms with van der Waals surface area (Å²) in [6.45, 7) is 3.99. The van der Waals surface area contributed by atoms with E-state index in [0.717, 1.165) is 11.1 Å². The molecule has 0 aliphatic heterocycles. The molecule has 0 atom stereocenters. The van der Waals surface area contributed by atoms with Crippen LogP contribution in [0.5, 0.6) is 5.75 Å². The van der Waals surface area contributed by atoms with Crippen molar-refractivity contribution in [2.45, 2.75) is 19.3 Å². The van der Waals surface area contributed by atoms with Crippen LogP contribution in [0.25, 0.3) is 0 Å². The number of hydrogen-bond acceptors (Lipinski definition) is 2. The lowest BCUT2D eigenvalue weighted by atomic mass is 9.83. The molecule has 0 aliphatic carbocycles. The molecule has 22 heavy (non-hydrogen) atoms. The summed E-state index contributed by atoms with van der Waals surface area (Å²) in [4.78, 5) is 12.3. The molecule has 0 fully saturated rings. The van der Waals surface area contributed by atoms with E-state index in [9.17, 15) is 9.90 Å². The van der Waals surface area contributed by atoms with Crippen molar-refractivity contribution < 1.29 is 9.90 Å². The summed E-state index contributed by atoms with van der Waals surface area (Å²) in [5.41, 5.74) is 1.09. The quantitative estimate of drug-likeness (QED) is 0.855. The monoisotopic (exact) mass is 293 g/mol. The number of nitrogens with one attached hydrogen (secondary N) is 1. The van der Waals surface area contributed by atoms with Crippen LogP contribution in [0.3, 0.4) is 0 Å². The minimum absolute atomic E-state index is 0.0967. The number of hydrogen-bond donors (Lipinski definition) is 2. The van der Waals surface area contributed by atoms with Crippen LogP contribution in [-0.2, 0) is 10.2 Å². The van der Waals surface area contributed by atoms with E-state index in [0.29, 0.717) is 6.54 Å². The van der Waals surface area contributed by atoms with Gasteiger partial charge in [0.15, 0.2) is 0 Å². The van der Waals surface area contributed by atoms with Crippen LogP contribution < -0.4 is 5.32 Å². The molecule has 3 nitrogen and oxygen atoms in total. The van der Waals surface area contributed by atoms with Crippen LogP contribution >= 0.6 is 0 Å². The van der Waals surface area contributed by atoms with Gasteiger partial charge in [-0.15, -0.1) is 0 Å². The van der Waals surface area contributed by atoms with Gasteiger partial charge in [-0.2, -0.15) is 0 Å². The van der Waals surface area contributed by atoms with Crippen LogP contribution in [0, 0.1) is 11.8 Å². The number of phenolic OH excluding ortho intramolecular Hbond substituents is 1. The van der Waals surface area contributed by atoms with Gasteiger partial charge in [-0.25, -0.2) is 0 Å². The molecule has 0 aliphatic rings. The standard InChI is InChI=1S/C19H19NO2/c1-19(2,16-10-12-17(21)13-11-16)18(22)20-14-6-9-15-7-4-3-5-8-15/h3-5,7-8,10-13,21H,14H2,1-2H3,(H,20,22). The lowest BCUT2D eigenvalue weighted by Gasteiger charge is -2.23. The van der Waals surface area contributed by atoms with Crippen LogP contribution in [0.2, 0.25) is 0 Å². The Morgan fingerprint density at radius 2 is 1.73 bits per heavy atom. The second kappa shape index (κ2) is 6.82. The minimum Gasteiger partial charge on any atom is -0.508 e. The Morgan fingerprint density at radius 1 is 1.09 bits per heavy atom. The van der Waals surface area contributed by atoms with Crippen LogP contribution in [0.4, 0.5) is 0 Å². The summed E-state index contributed by atoms with van der Waals surface area (Å²) in [6.07, 6.45) is 0. The highest BCUT2D eigenvalue weighted by Crippen LogP contribution is 2.24. The predicted octanol–water partition coefficient (Wildman–Crippen LogP) is 2.84. The highest BCUT2D eigenvalue weighted by Gasteiger charge is 2.29. The summed E-state index contributed by atoms with van der Waals surface area (Å²) >= 11 is 0. The fourth-order valence-corrected chi connectivity index (χ4v) is 2.02. The zero-order valence-corrected chi connectivity index (χ0v) is 12.8. The van der Waals surface area contributed by atoms with Gasteiger partial charge in [-0.1, -0.05) is 42.2 Å². The van der Waals surface area contributed by atoms with E-state index >= 15 is 0 Å². The van der Waals surface area contributed by atoms with E-state index in [1.807, 2.05) is 44.2 Å². The van der Waals surface area contributed by atoms with Gasteiger partial charge in [-0.05, 0) is 43.7 Å². The molecular weight excluding hydrogens is 274 g/mol. The first kappa shape index (κ1) is 15.7. The second-order valence-electron chi connectivity index (χ2n) is 5.52. The Balaban J connectivity index is 1.97. The molecule has 2 rings (SSSR count). The van der Waals surface area contributed by atoms with Crippen molar-refractivity contribution in [3.05, 3.63) is 65.7 Å². The molecule has 0 saturated carbocycles. The number of rotatable bonds is 3. The average molecular weight is 293 g/mol. The molecule has 2 aromatic carbocycles. The number of amides is 1. The lowest BCUT2D eigenvalue weighted by molar-refractivity contribution is -0.125. The van der Waals surface area contributed by atoms with Crippen LogP contribution in [-0.4, -0.2) is 17.6 Å². The van der Waals surface area contributed by atoms with Crippen molar-refractivity contribution in [1.82, 2.24) is 5.32 Å². The van der Waals surface area contributed by atoms with Gasteiger partial charge in [0.25, 0.3) is 0 Å². The highest BCUT2D eigenvalue weighted by molar-refractivity contribution is 5.87. The molecule has 0 aromatic heterocycles. The van der Waals surface area contributed by atoms with Gasteiger partial charge in [0.05, 0.1) is 12.0 Å². The first-order valence-electron chi connectivity index (χ1n) is 7.12. The SMILES string of the molecule is CC(C)(C(=O)NCC#Cc1ccccc1)c1ccc(O)cc1. The third-order valence-corrected chi connectivity index (χ3v) is 3.50. The molecule has 0 saturated heterocycles. The summed E-state index contributed by atoms with van der Waals surface area (Å²) in [5.74, 6) is 6.04. The molecule has 0 bridgehead atoms. The Labute approximate surface area is 131 Å². The molecule has 112 valence electrons. The third-order valence-electron chi connectivity index (χ3n) is 3.50. The number of carbonyl (C=O) groups is 1. The number of phenols is 1. The maximum absolute atomic E-state index is 12.3. The summed E-state index contributed by atoms with van der Waals surface area (Å²) in [7, 11) is 0. The second-order valence-corrected chi connectivity index (χ2v) is 5.52. The van der Waals surface area contributed by atoms with Gasteiger partial charge in [-0.3, -0.25) is 4.79 Å². The van der Waals surface area contributed by atoms with Crippen LogP contribution in [0.1, 0.15) is 25.0 Å². The number of carbonyl (C=O) groups excluding carboxylic acids is 1. The van der Waals surface area contributed by atoms with E-state index in [1.165, 1.54) is 0 Å². The maximum atomic E-state index is 12.3. The Morgan fingerprint density at radius 3 is 2.36 bits per heavy atom. The van der Waals surface area contributed by atoms with Gasteiger partial charge in [0.1, 0.15) is 5.75 Å². The van der Waals surface area contributed by atoms with E-state index in [2.05, 4.69) is 17.2 Å². The summed E-state index contributed by atoms with van der Waals surface area (Å²) in [6, 6.07) is 16.3. The van der Waals surface area contributed by atoms with E-state index in [4.69, 9.17) is 0 Å². The molecule has 3 heteroatoms. The zero-order valence-electron chi connectivity index (χ0n) is 12.8. The van der Waals surface area contributed by atoms with Gasteiger partial charge in [0, 0.05) is 5.56 Å². The van der Waals surface area contributed by atoms with Crippen molar-refractivity contribution in [2.24, 2.45) is 0 Å². The molecule has 2 aromatic rings. The van der Waals surface area contributed by atoms with E-state index in [1.54, 1.807) is 24.3 Å². The largest absolute Gasteiger partial charge is 0.508 e. The van der Waals surface area contributed by atoms with Crippen molar-refractivity contribution in [1.29, 1.82) is 0 Å².